The minimum absolute atomic E-state index is 0.572. The fourth-order valence-corrected chi connectivity index (χ4v) is 3.00. The lowest BCUT2D eigenvalue weighted by Gasteiger charge is -2.33. The molecular weight excluding hydrogens is 272 g/mol. The van der Waals surface area contributed by atoms with Gasteiger partial charge in [-0.3, -0.25) is 4.99 Å². The molecule has 3 N–H and O–H groups in total. The number of nitrogens with one attached hydrogen (secondary N) is 1. The average molecular weight is 302 g/mol. The first-order valence-electron chi connectivity index (χ1n) is 8.57. The number of likely N-dealkylation sites (tertiary alicyclic amines) is 1. The maximum absolute atomic E-state index is 5.91. The summed E-state index contributed by atoms with van der Waals surface area (Å²) in [5.41, 5.74) is 7.23. The van der Waals surface area contributed by atoms with Crippen molar-refractivity contribution in [3.63, 3.8) is 0 Å². The lowest BCUT2D eigenvalue weighted by atomic mass is 10.0. The predicted octanol–water partition coefficient (Wildman–Crippen LogP) is 2.40. The van der Waals surface area contributed by atoms with Crippen LogP contribution in [0, 0.1) is 0 Å². The summed E-state index contributed by atoms with van der Waals surface area (Å²) in [6.45, 7) is 6.37. The minimum atomic E-state index is 0.572. The van der Waals surface area contributed by atoms with Crippen LogP contribution in [0.25, 0.3) is 0 Å². The molecule has 0 amide bonds. The van der Waals surface area contributed by atoms with Gasteiger partial charge < -0.3 is 16.0 Å². The van der Waals surface area contributed by atoms with Gasteiger partial charge in [-0.1, -0.05) is 36.8 Å². The van der Waals surface area contributed by atoms with E-state index in [9.17, 15) is 0 Å². The molecule has 1 unspecified atom stereocenters. The summed E-state index contributed by atoms with van der Waals surface area (Å²) >= 11 is 0. The van der Waals surface area contributed by atoms with Gasteiger partial charge in [-0.15, -0.1) is 0 Å². The van der Waals surface area contributed by atoms with E-state index < -0.39 is 0 Å². The topological polar surface area (TPSA) is 53.6 Å². The van der Waals surface area contributed by atoms with E-state index in [0.717, 1.165) is 38.5 Å². The van der Waals surface area contributed by atoms with Crippen LogP contribution in [-0.2, 0) is 6.42 Å². The first kappa shape index (κ1) is 16.8. The van der Waals surface area contributed by atoms with E-state index in [4.69, 9.17) is 5.73 Å². The molecule has 0 aliphatic carbocycles. The molecule has 1 saturated heterocycles. The second-order valence-corrected chi connectivity index (χ2v) is 6.16. The van der Waals surface area contributed by atoms with Gasteiger partial charge in [0.05, 0.1) is 0 Å². The monoisotopic (exact) mass is 302 g/mol. The van der Waals surface area contributed by atoms with E-state index in [1.165, 1.54) is 31.4 Å². The summed E-state index contributed by atoms with van der Waals surface area (Å²) in [6.07, 6.45) is 6.13. The number of piperidine rings is 1. The highest BCUT2D eigenvalue weighted by molar-refractivity contribution is 5.77. The number of hydrogen-bond donors (Lipinski definition) is 2. The van der Waals surface area contributed by atoms with Crippen LogP contribution >= 0.6 is 0 Å². The number of benzene rings is 1. The molecule has 0 spiro atoms. The maximum Gasteiger partial charge on any atom is 0.188 e. The molecule has 1 aliphatic rings. The average Bonchev–Trinajstić information content (AvgIpc) is 2.54. The molecule has 1 aliphatic heterocycles. The zero-order chi connectivity index (χ0) is 15.6. The molecule has 1 aromatic carbocycles. The largest absolute Gasteiger partial charge is 0.370 e. The van der Waals surface area contributed by atoms with Gasteiger partial charge in [-0.25, -0.2) is 0 Å². The van der Waals surface area contributed by atoms with E-state index in [1.54, 1.807) is 0 Å². The molecule has 2 rings (SSSR count). The summed E-state index contributed by atoms with van der Waals surface area (Å²) < 4.78 is 0. The van der Waals surface area contributed by atoms with Crippen molar-refractivity contribution >= 4 is 5.96 Å². The third kappa shape index (κ3) is 6.06. The van der Waals surface area contributed by atoms with Crippen LogP contribution in [0.15, 0.2) is 35.3 Å². The third-order valence-corrected chi connectivity index (χ3v) is 4.39. The Kier molecular flexibility index (Phi) is 7.23. The number of aliphatic imine (C=N–C) groups is 1. The first-order chi connectivity index (χ1) is 10.8. The molecule has 4 heteroatoms. The Bertz CT molecular complexity index is 444. The zero-order valence-electron chi connectivity index (χ0n) is 13.8. The second-order valence-electron chi connectivity index (χ2n) is 6.16. The summed E-state index contributed by atoms with van der Waals surface area (Å²) in [4.78, 5) is 7.00. The van der Waals surface area contributed by atoms with Crippen molar-refractivity contribution in [1.82, 2.24) is 10.2 Å². The Morgan fingerprint density at radius 1 is 1.32 bits per heavy atom. The molecule has 0 radical (unpaired) electrons. The van der Waals surface area contributed by atoms with Crippen molar-refractivity contribution < 1.29 is 0 Å². The van der Waals surface area contributed by atoms with Crippen LogP contribution in [-0.4, -0.2) is 43.1 Å². The Hall–Kier alpha value is -1.55. The maximum atomic E-state index is 5.91. The molecule has 122 valence electrons. The minimum Gasteiger partial charge on any atom is -0.370 e. The van der Waals surface area contributed by atoms with Crippen LogP contribution in [0.2, 0.25) is 0 Å². The van der Waals surface area contributed by atoms with Crippen molar-refractivity contribution in [1.29, 1.82) is 0 Å². The molecular formula is C18H30N4. The summed E-state index contributed by atoms with van der Waals surface area (Å²) in [7, 11) is 0. The number of hydrogen-bond acceptors (Lipinski definition) is 2. The third-order valence-electron chi connectivity index (χ3n) is 4.39. The van der Waals surface area contributed by atoms with Crippen LogP contribution in [0.3, 0.4) is 0 Å². The first-order valence-corrected chi connectivity index (χ1v) is 8.57. The van der Waals surface area contributed by atoms with Crippen molar-refractivity contribution in [2.45, 2.75) is 45.1 Å². The number of guanidine groups is 1. The standard InChI is InChI=1S/C18H30N4/c1-16-8-5-6-14-22(16)15-7-12-20-18(19)21-13-11-17-9-3-2-4-10-17/h2-4,9-10,16H,5-8,11-15H2,1H3,(H3,19,20,21). The van der Waals surface area contributed by atoms with Crippen molar-refractivity contribution in [3.05, 3.63) is 35.9 Å². The van der Waals surface area contributed by atoms with Crippen molar-refractivity contribution in [2.24, 2.45) is 10.7 Å². The molecule has 4 nitrogen and oxygen atoms in total. The summed E-state index contributed by atoms with van der Waals surface area (Å²) in [5.74, 6) is 0.572. The number of nitrogens with zero attached hydrogens (tertiary/aromatic N) is 2. The molecule has 0 aromatic heterocycles. The van der Waals surface area contributed by atoms with Crippen LogP contribution in [0.5, 0.6) is 0 Å². The summed E-state index contributed by atoms with van der Waals surface area (Å²) in [6, 6.07) is 11.2. The SMILES string of the molecule is CC1CCCCN1CCCN=C(N)NCCc1ccccc1. The van der Waals surface area contributed by atoms with Gasteiger partial charge >= 0.3 is 0 Å². The fourth-order valence-electron chi connectivity index (χ4n) is 3.00. The van der Waals surface area contributed by atoms with Gasteiger partial charge in [-0.05, 0) is 44.7 Å². The number of nitrogens with two attached hydrogens (primary N) is 1. The van der Waals surface area contributed by atoms with E-state index >= 15 is 0 Å². The Morgan fingerprint density at radius 3 is 2.91 bits per heavy atom. The summed E-state index contributed by atoms with van der Waals surface area (Å²) in [5, 5.41) is 3.19. The molecule has 1 heterocycles. The smallest absolute Gasteiger partial charge is 0.188 e. The van der Waals surface area contributed by atoms with Crippen LogP contribution < -0.4 is 11.1 Å². The van der Waals surface area contributed by atoms with Crippen LogP contribution in [0.4, 0.5) is 0 Å². The van der Waals surface area contributed by atoms with Crippen LogP contribution in [0.1, 0.15) is 38.2 Å². The van der Waals surface area contributed by atoms with Gasteiger partial charge in [0.1, 0.15) is 0 Å². The van der Waals surface area contributed by atoms with Crippen molar-refractivity contribution in [2.75, 3.05) is 26.2 Å². The highest BCUT2D eigenvalue weighted by Crippen LogP contribution is 2.16. The quantitative estimate of drug-likeness (QED) is 0.462. The molecule has 0 saturated carbocycles. The zero-order valence-corrected chi connectivity index (χ0v) is 13.8. The highest BCUT2D eigenvalue weighted by Gasteiger charge is 2.16. The Labute approximate surface area is 134 Å². The second kappa shape index (κ2) is 9.46. The lowest BCUT2D eigenvalue weighted by molar-refractivity contribution is 0.160. The fraction of sp³-hybridized carbons (Fsp3) is 0.611. The molecule has 0 bridgehead atoms. The van der Waals surface area contributed by atoms with Gasteiger partial charge in [0.2, 0.25) is 0 Å². The van der Waals surface area contributed by atoms with E-state index in [-0.39, 0.29) is 0 Å². The van der Waals surface area contributed by atoms with Gasteiger partial charge in [0.25, 0.3) is 0 Å². The lowest BCUT2D eigenvalue weighted by Crippen LogP contribution is -2.38. The van der Waals surface area contributed by atoms with Gasteiger partial charge in [0, 0.05) is 25.7 Å². The molecule has 1 atom stereocenters. The van der Waals surface area contributed by atoms with Gasteiger partial charge in [0.15, 0.2) is 5.96 Å². The molecule has 22 heavy (non-hydrogen) atoms. The predicted molar refractivity (Wildman–Crippen MR) is 94.1 cm³/mol. The Morgan fingerprint density at radius 2 is 2.14 bits per heavy atom. The number of rotatable bonds is 7. The van der Waals surface area contributed by atoms with Crippen molar-refractivity contribution in [3.8, 4) is 0 Å². The molecule has 1 fully saturated rings. The van der Waals surface area contributed by atoms with E-state index in [0.29, 0.717) is 5.96 Å². The Balaban J connectivity index is 1.57. The highest BCUT2D eigenvalue weighted by atomic mass is 15.2. The molecule has 1 aromatic rings. The van der Waals surface area contributed by atoms with E-state index in [1.807, 2.05) is 6.07 Å². The van der Waals surface area contributed by atoms with E-state index in [2.05, 4.69) is 46.4 Å². The normalized spacial score (nSPS) is 20.0. The van der Waals surface area contributed by atoms with Gasteiger partial charge in [-0.2, -0.15) is 0 Å².